The first kappa shape index (κ1) is 22.4. The number of rotatable bonds is 7. The number of fused-ring (bicyclic) bond motifs is 2. The summed E-state index contributed by atoms with van der Waals surface area (Å²) in [5.41, 5.74) is 5.45. The lowest BCUT2D eigenvalue weighted by Gasteiger charge is -2.21. The number of unbranched alkanes of at least 4 members (excludes halogenated alkanes) is 1. The molecule has 0 fully saturated rings. The van der Waals surface area contributed by atoms with E-state index in [1.54, 1.807) is 6.20 Å². The number of H-pyrrole nitrogens is 1. The Labute approximate surface area is 215 Å². The number of furan rings is 1. The monoisotopic (exact) mass is 542 g/mol. The number of hydrogen-bond donors (Lipinski definition) is 1. The number of benzene rings is 2. The number of tetrazole rings is 1. The third kappa shape index (κ3) is 3.83. The highest BCUT2D eigenvalue weighted by molar-refractivity contribution is 9.10. The lowest BCUT2D eigenvalue weighted by molar-refractivity contribution is 0.630. The molecule has 0 radical (unpaired) electrons. The number of anilines is 2. The first-order chi connectivity index (χ1) is 17.6. The second kappa shape index (κ2) is 9.19. The Hall–Kier alpha value is -4.05. The fraction of sp³-hybridized carbons (Fsp3) is 0.192. The molecule has 0 aliphatic heterocycles. The van der Waals surface area contributed by atoms with Crippen molar-refractivity contribution >= 4 is 44.1 Å². The van der Waals surface area contributed by atoms with E-state index in [0.717, 1.165) is 74.4 Å². The minimum atomic E-state index is 0.582. The average Bonchev–Trinajstić information content (AvgIpc) is 3.67. The molecule has 0 aliphatic carbocycles. The van der Waals surface area contributed by atoms with Gasteiger partial charge in [-0.2, -0.15) is 9.61 Å². The van der Waals surface area contributed by atoms with Crippen molar-refractivity contribution in [1.29, 1.82) is 0 Å². The van der Waals surface area contributed by atoms with Gasteiger partial charge in [0.2, 0.25) is 0 Å². The Balaban J connectivity index is 1.43. The number of hydrogen-bond acceptors (Lipinski definition) is 7. The van der Waals surface area contributed by atoms with Crippen LogP contribution in [0.4, 0.5) is 11.5 Å². The molecule has 4 heterocycles. The SMILES string of the molecule is CCCCc1cc(N(C)c2ccc3oc(-c4ccccc4-c4nnn[nH]4)c(Br)c3c2)n2nccc2n1. The molecule has 0 bridgehead atoms. The van der Waals surface area contributed by atoms with Gasteiger partial charge in [-0.25, -0.2) is 10.1 Å². The summed E-state index contributed by atoms with van der Waals surface area (Å²) in [5.74, 6) is 2.26. The van der Waals surface area contributed by atoms with Crippen LogP contribution in [-0.4, -0.2) is 42.3 Å². The van der Waals surface area contributed by atoms with Gasteiger partial charge in [-0.3, -0.25) is 0 Å². The van der Waals surface area contributed by atoms with Crippen LogP contribution in [0.2, 0.25) is 0 Å². The maximum Gasteiger partial charge on any atom is 0.180 e. The molecule has 0 saturated carbocycles. The van der Waals surface area contributed by atoms with Crippen LogP contribution in [0, 0.1) is 0 Å². The topological polar surface area (TPSA) is 101 Å². The highest BCUT2D eigenvalue weighted by Gasteiger charge is 2.20. The van der Waals surface area contributed by atoms with Gasteiger partial charge in [0.15, 0.2) is 11.5 Å². The number of aromatic nitrogens is 7. The van der Waals surface area contributed by atoms with E-state index in [1.165, 1.54) is 0 Å². The number of halogens is 1. The van der Waals surface area contributed by atoms with Crippen molar-refractivity contribution in [3.8, 4) is 22.7 Å². The van der Waals surface area contributed by atoms with E-state index in [2.05, 4.69) is 71.7 Å². The minimum absolute atomic E-state index is 0.582. The van der Waals surface area contributed by atoms with Crippen LogP contribution in [-0.2, 0) is 6.42 Å². The fourth-order valence-corrected chi connectivity index (χ4v) is 5.01. The molecule has 4 aromatic heterocycles. The zero-order valence-electron chi connectivity index (χ0n) is 19.8. The summed E-state index contributed by atoms with van der Waals surface area (Å²) in [6.07, 6.45) is 4.95. The summed E-state index contributed by atoms with van der Waals surface area (Å²) in [4.78, 5) is 6.90. The smallest absolute Gasteiger partial charge is 0.180 e. The molecule has 6 aromatic rings. The van der Waals surface area contributed by atoms with Crippen molar-refractivity contribution in [1.82, 2.24) is 35.2 Å². The van der Waals surface area contributed by atoms with Crippen molar-refractivity contribution in [2.24, 2.45) is 0 Å². The van der Waals surface area contributed by atoms with E-state index in [9.17, 15) is 0 Å². The van der Waals surface area contributed by atoms with E-state index < -0.39 is 0 Å². The molecule has 9 nitrogen and oxygen atoms in total. The van der Waals surface area contributed by atoms with E-state index in [0.29, 0.717) is 5.82 Å². The van der Waals surface area contributed by atoms with Crippen molar-refractivity contribution < 1.29 is 4.42 Å². The third-order valence-corrected chi connectivity index (χ3v) is 7.08. The molecule has 180 valence electrons. The lowest BCUT2D eigenvalue weighted by atomic mass is 10.0. The highest BCUT2D eigenvalue weighted by atomic mass is 79.9. The summed E-state index contributed by atoms with van der Waals surface area (Å²) < 4.78 is 9.05. The summed E-state index contributed by atoms with van der Waals surface area (Å²) in [6.45, 7) is 2.19. The summed E-state index contributed by atoms with van der Waals surface area (Å²) in [7, 11) is 2.04. The predicted octanol–water partition coefficient (Wildman–Crippen LogP) is 6.20. The minimum Gasteiger partial charge on any atom is -0.455 e. The maximum atomic E-state index is 6.31. The van der Waals surface area contributed by atoms with Crippen molar-refractivity contribution in [3.05, 3.63) is 71.0 Å². The van der Waals surface area contributed by atoms with Crippen LogP contribution < -0.4 is 4.90 Å². The number of aromatic amines is 1. The van der Waals surface area contributed by atoms with Gasteiger partial charge in [0.1, 0.15) is 17.2 Å². The van der Waals surface area contributed by atoms with Gasteiger partial charge in [0.25, 0.3) is 0 Å². The van der Waals surface area contributed by atoms with Gasteiger partial charge in [-0.05, 0) is 57.4 Å². The molecule has 0 atom stereocenters. The molecular formula is C26H23BrN8O. The Morgan fingerprint density at radius 2 is 1.94 bits per heavy atom. The van der Waals surface area contributed by atoms with E-state index in [-0.39, 0.29) is 0 Å². The Bertz CT molecular complexity index is 1670. The summed E-state index contributed by atoms with van der Waals surface area (Å²) in [5, 5.41) is 19.8. The second-order valence-corrected chi connectivity index (χ2v) is 9.38. The lowest BCUT2D eigenvalue weighted by Crippen LogP contribution is -2.15. The first-order valence-electron chi connectivity index (χ1n) is 11.8. The number of aryl methyl sites for hydroxylation is 1. The maximum absolute atomic E-state index is 6.31. The molecule has 2 aromatic carbocycles. The van der Waals surface area contributed by atoms with Gasteiger partial charge in [-0.15, -0.1) is 5.10 Å². The van der Waals surface area contributed by atoms with Gasteiger partial charge in [-0.1, -0.05) is 37.6 Å². The first-order valence-corrected chi connectivity index (χ1v) is 12.6. The predicted molar refractivity (Wildman–Crippen MR) is 142 cm³/mol. The molecule has 1 N–H and O–H groups in total. The molecule has 6 rings (SSSR count). The fourth-order valence-electron chi connectivity index (χ4n) is 4.40. The van der Waals surface area contributed by atoms with Gasteiger partial charge >= 0.3 is 0 Å². The van der Waals surface area contributed by atoms with Crippen LogP contribution >= 0.6 is 15.9 Å². The van der Waals surface area contributed by atoms with Crippen LogP contribution in [0.3, 0.4) is 0 Å². The highest BCUT2D eigenvalue weighted by Crippen LogP contribution is 2.42. The van der Waals surface area contributed by atoms with Crippen LogP contribution in [0.1, 0.15) is 25.5 Å². The van der Waals surface area contributed by atoms with Crippen LogP contribution in [0.5, 0.6) is 0 Å². The van der Waals surface area contributed by atoms with Gasteiger partial charge in [0, 0.05) is 47.1 Å². The second-order valence-electron chi connectivity index (χ2n) is 8.59. The van der Waals surface area contributed by atoms with Crippen molar-refractivity contribution in [2.75, 3.05) is 11.9 Å². The molecule has 0 amide bonds. The molecule has 0 unspecified atom stereocenters. The molecular weight excluding hydrogens is 520 g/mol. The van der Waals surface area contributed by atoms with Crippen LogP contribution in [0.15, 0.2) is 69.7 Å². The van der Waals surface area contributed by atoms with Crippen molar-refractivity contribution in [3.63, 3.8) is 0 Å². The molecule has 10 heteroatoms. The molecule has 0 aliphatic rings. The van der Waals surface area contributed by atoms with Gasteiger partial charge < -0.3 is 9.32 Å². The third-order valence-electron chi connectivity index (χ3n) is 6.29. The Kier molecular flexibility index (Phi) is 5.73. The van der Waals surface area contributed by atoms with Crippen molar-refractivity contribution in [2.45, 2.75) is 26.2 Å². The molecule has 0 spiro atoms. The summed E-state index contributed by atoms with van der Waals surface area (Å²) in [6, 6.07) is 18.1. The molecule has 0 saturated heterocycles. The molecule has 36 heavy (non-hydrogen) atoms. The van der Waals surface area contributed by atoms with E-state index >= 15 is 0 Å². The Morgan fingerprint density at radius 1 is 1.08 bits per heavy atom. The van der Waals surface area contributed by atoms with E-state index in [1.807, 2.05) is 48.0 Å². The normalized spacial score (nSPS) is 11.5. The standard InChI is InChI=1S/C26H23BrN8O/c1-3-4-7-16-14-23(35-22(29-16)12-13-28-35)34(2)17-10-11-21-20(15-17)24(27)25(36-21)18-8-5-6-9-19(18)26-30-32-33-31-26/h5-6,8-15H,3-4,7H2,1-2H3,(H,30,31,32,33). The number of nitrogens with zero attached hydrogens (tertiary/aromatic N) is 7. The number of nitrogens with one attached hydrogen (secondary N) is 1. The summed E-state index contributed by atoms with van der Waals surface area (Å²) >= 11 is 3.80. The quantitative estimate of drug-likeness (QED) is 0.256. The zero-order chi connectivity index (χ0) is 24.6. The van der Waals surface area contributed by atoms with Gasteiger partial charge in [0.05, 0.1) is 10.7 Å². The largest absolute Gasteiger partial charge is 0.455 e. The zero-order valence-corrected chi connectivity index (χ0v) is 21.4. The average molecular weight is 543 g/mol. The van der Waals surface area contributed by atoms with E-state index in [4.69, 9.17) is 9.40 Å². The Morgan fingerprint density at radius 3 is 2.75 bits per heavy atom. The van der Waals surface area contributed by atoms with Crippen LogP contribution in [0.25, 0.3) is 39.3 Å².